The molecule has 0 bridgehead atoms. The van der Waals surface area contributed by atoms with E-state index in [-0.39, 0.29) is 0 Å². The number of imidazole rings is 1. The largest absolute Gasteiger partial charge is 0.350 e. The first kappa shape index (κ1) is 18.7. The van der Waals surface area contributed by atoms with E-state index in [9.17, 15) is 0 Å². The van der Waals surface area contributed by atoms with E-state index in [4.69, 9.17) is 5.10 Å². The van der Waals surface area contributed by atoms with E-state index in [0.717, 1.165) is 33.6 Å². The molecule has 2 fully saturated rings. The lowest BCUT2D eigenvalue weighted by Crippen LogP contribution is -2.63. The van der Waals surface area contributed by atoms with Crippen LogP contribution in [-0.2, 0) is 0 Å². The predicted molar refractivity (Wildman–Crippen MR) is 121 cm³/mol. The van der Waals surface area contributed by atoms with Crippen LogP contribution in [0, 0.1) is 12.3 Å². The summed E-state index contributed by atoms with van der Waals surface area (Å²) in [5, 5.41) is 8.23. The van der Waals surface area contributed by atoms with E-state index in [1.165, 1.54) is 25.9 Å². The number of nitrogens with zero attached hydrogens (tertiary/aromatic N) is 7. The molecule has 5 heterocycles. The van der Waals surface area contributed by atoms with Gasteiger partial charge in [0, 0.05) is 48.7 Å². The van der Waals surface area contributed by atoms with Crippen molar-refractivity contribution in [1.82, 2.24) is 34.0 Å². The summed E-state index contributed by atoms with van der Waals surface area (Å²) in [6, 6.07) is 5.07. The van der Waals surface area contributed by atoms with Crippen LogP contribution in [0.3, 0.4) is 0 Å². The Morgan fingerprint density at radius 3 is 2.68 bits per heavy atom. The Hall–Kier alpha value is -3.00. The maximum Gasteiger partial charge on any atom is 0.241 e. The van der Waals surface area contributed by atoms with Crippen LogP contribution in [0.2, 0.25) is 0 Å². The van der Waals surface area contributed by atoms with Crippen LogP contribution in [0.5, 0.6) is 0 Å². The van der Waals surface area contributed by atoms with Crippen LogP contribution >= 0.6 is 0 Å². The van der Waals surface area contributed by atoms with E-state index in [1.807, 2.05) is 30.0 Å². The van der Waals surface area contributed by atoms with Crippen molar-refractivity contribution in [3.8, 4) is 11.1 Å². The molecule has 1 saturated heterocycles. The molecule has 160 valence electrons. The molecule has 4 aromatic heterocycles. The Balaban J connectivity index is 1.28. The Morgan fingerprint density at radius 1 is 1.13 bits per heavy atom. The highest BCUT2D eigenvalue weighted by molar-refractivity contribution is 5.85. The lowest BCUT2D eigenvalue weighted by molar-refractivity contribution is -0.0514. The third-order valence-electron chi connectivity index (χ3n) is 6.87. The van der Waals surface area contributed by atoms with Gasteiger partial charge in [-0.25, -0.2) is 19.5 Å². The number of likely N-dealkylation sites (tertiary alicyclic amines) is 1. The lowest BCUT2D eigenvalue weighted by Gasteiger charge is -2.58. The van der Waals surface area contributed by atoms with Crippen molar-refractivity contribution < 1.29 is 0 Å². The number of rotatable bonds is 4. The van der Waals surface area contributed by atoms with Crippen LogP contribution in [0.1, 0.15) is 38.6 Å². The topological polar surface area (TPSA) is 76.2 Å². The molecule has 0 unspecified atom stereocenters. The fourth-order valence-corrected chi connectivity index (χ4v) is 5.73. The molecule has 0 aromatic carbocycles. The van der Waals surface area contributed by atoms with Gasteiger partial charge in [-0.1, -0.05) is 0 Å². The maximum atomic E-state index is 4.71. The summed E-state index contributed by atoms with van der Waals surface area (Å²) in [4.78, 5) is 16.2. The van der Waals surface area contributed by atoms with Gasteiger partial charge in [-0.3, -0.25) is 0 Å². The minimum absolute atomic E-state index is 0.329. The van der Waals surface area contributed by atoms with E-state index < -0.39 is 0 Å². The summed E-state index contributed by atoms with van der Waals surface area (Å²) < 4.78 is 4.14. The summed E-state index contributed by atoms with van der Waals surface area (Å²) in [5.74, 6) is 1.69. The second kappa shape index (κ2) is 6.50. The van der Waals surface area contributed by atoms with Gasteiger partial charge in [-0.2, -0.15) is 0 Å². The quantitative estimate of drug-likeness (QED) is 0.548. The van der Waals surface area contributed by atoms with Crippen molar-refractivity contribution in [3.63, 3.8) is 0 Å². The monoisotopic (exact) mass is 416 g/mol. The van der Waals surface area contributed by atoms with Gasteiger partial charge < -0.3 is 14.8 Å². The number of pyridine rings is 1. The number of aromatic nitrogens is 6. The molecule has 31 heavy (non-hydrogen) atoms. The molecule has 1 aliphatic heterocycles. The molecule has 8 nitrogen and oxygen atoms in total. The number of fused-ring (bicyclic) bond motifs is 2. The van der Waals surface area contributed by atoms with Crippen LogP contribution in [0.4, 0.5) is 5.95 Å². The first-order chi connectivity index (χ1) is 14.9. The number of hydrogen-bond donors (Lipinski definition) is 1. The van der Waals surface area contributed by atoms with Gasteiger partial charge in [0.15, 0.2) is 5.65 Å². The van der Waals surface area contributed by atoms with E-state index in [1.54, 1.807) is 0 Å². The van der Waals surface area contributed by atoms with Crippen molar-refractivity contribution in [2.75, 3.05) is 25.5 Å². The molecule has 0 radical (unpaired) electrons. The Labute approximate surface area is 181 Å². The normalized spacial score (nSPS) is 18.7. The molecular weight excluding hydrogens is 388 g/mol. The average molecular weight is 417 g/mol. The summed E-state index contributed by atoms with van der Waals surface area (Å²) in [7, 11) is 2.19. The molecule has 1 N–H and O–H groups in total. The zero-order valence-electron chi connectivity index (χ0n) is 18.5. The van der Waals surface area contributed by atoms with Gasteiger partial charge in [0.25, 0.3) is 0 Å². The molecule has 2 aliphatic rings. The Morgan fingerprint density at radius 2 is 1.94 bits per heavy atom. The molecule has 6 rings (SSSR count). The minimum Gasteiger partial charge on any atom is -0.350 e. The van der Waals surface area contributed by atoms with Gasteiger partial charge in [0.2, 0.25) is 5.95 Å². The Bertz CT molecular complexity index is 1290. The third kappa shape index (κ3) is 2.92. The molecule has 8 heteroatoms. The molecular formula is C23H28N8. The molecule has 0 atom stereocenters. The van der Waals surface area contributed by atoms with Gasteiger partial charge in [-0.15, -0.1) is 5.10 Å². The fraction of sp³-hybridized carbons (Fsp3) is 0.478. The zero-order chi connectivity index (χ0) is 21.3. The van der Waals surface area contributed by atoms with Crippen LogP contribution in [0.25, 0.3) is 27.8 Å². The van der Waals surface area contributed by atoms with Crippen molar-refractivity contribution in [2.45, 2.75) is 45.7 Å². The molecule has 1 saturated carbocycles. The van der Waals surface area contributed by atoms with E-state index >= 15 is 0 Å². The standard InChI is InChI=1S/C23H28N8/c1-14(2)31-15(3)26-21-19(31)7-16(10-24-21)18-5-6-30-20(18)11-25-22(28-30)27-17-8-23(9-17)12-29(4)13-23/h5-7,10-11,14,17H,8-9,12-13H2,1-4H3,(H,27,28). The molecule has 4 aromatic rings. The number of nitrogens with one attached hydrogen (secondary N) is 1. The lowest BCUT2D eigenvalue weighted by atomic mass is 9.61. The predicted octanol–water partition coefficient (Wildman–Crippen LogP) is 3.54. The van der Waals surface area contributed by atoms with Crippen LogP contribution in [-0.4, -0.2) is 60.2 Å². The maximum absolute atomic E-state index is 4.71. The van der Waals surface area contributed by atoms with E-state index in [0.29, 0.717) is 23.4 Å². The summed E-state index contributed by atoms with van der Waals surface area (Å²) >= 11 is 0. The molecule has 1 aliphatic carbocycles. The molecule has 0 amide bonds. The van der Waals surface area contributed by atoms with Crippen molar-refractivity contribution in [2.24, 2.45) is 5.41 Å². The average Bonchev–Trinajstić information content (AvgIpc) is 3.24. The van der Waals surface area contributed by atoms with Crippen LogP contribution < -0.4 is 5.32 Å². The summed E-state index contributed by atoms with van der Waals surface area (Å²) in [6.07, 6.45) is 8.22. The van der Waals surface area contributed by atoms with Crippen molar-refractivity contribution >= 4 is 22.6 Å². The van der Waals surface area contributed by atoms with Crippen molar-refractivity contribution in [3.05, 3.63) is 36.5 Å². The highest BCUT2D eigenvalue weighted by atomic mass is 15.3. The van der Waals surface area contributed by atoms with E-state index in [2.05, 4.69) is 62.8 Å². The SMILES string of the molecule is Cc1nc2ncc(-c3ccn4nc(NC5CC6(C5)CN(C)C6)ncc34)cc2n1C(C)C. The number of aryl methyl sites for hydroxylation is 1. The first-order valence-corrected chi connectivity index (χ1v) is 11.1. The van der Waals surface area contributed by atoms with Crippen molar-refractivity contribution in [1.29, 1.82) is 0 Å². The molecule has 1 spiro atoms. The number of hydrogen-bond acceptors (Lipinski definition) is 6. The second-order valence-electron chi connectivity index (χ2n) is 9.75. The van der Waals surface area contributed by atoms with Gasteiger partial charge in [0.05, 0.1) is 17.2 Å². The zero-order valence-corrected chi connectivity index (χ0v) is 18.5. The fourth-order valence-electron chi connectivity index (χ4n) is 5.73. The van der Waals surface area contributed by atoms with Gasteiger partial charge in [-0.05, 0) is 58.2 Å². The van der Waals surface area contributed by atoms with Crippen LogP contribution in [0.15, 0.2) is 30.7 Å². The summed E-state index contributed by atoms with van der Waals surface area (Å²) in [6.45, 7) is 8.82. The highest BCUT2D eigenvalue weighted by Crippen LogP contribution is 2.48. The minimum atomic E-state index is 0.329. The second-order valence-corrected chi connectivity index (χ2v) is 9.75. The smallest absolute Gasteiger partial charge is 0.241 e. The first-order valence-electron chi connectivity index (χ1n) is 11.1. The summed E-state index contributed by atoms with van der Waals surface area (Å²) in [5.41, 5.74) is 5.50. The highest BCUT2D eigenvalue weighted by Gasteiger charge is 2.51. The third-order valence-corrected chi connectivity index (χ3v) is 6.87. The number of anilines is 1. The van der Waals surface area contributed by atoms with Gasteiger partial charge in [0.1, 0.15) is 5.82 Å². The Kier molecular flexibility index (Phi) is 3.93. The van der Waals surface area contributed by atoms with Gasteiger partial charge >= 0.3 is 0 Å².